The smallest absolute Gasteiger partial charge is 0.374 e. The number of nitrogens with zero attached hydrogens (tertiary/aromatic N) is 2. The first-order chi connectivity index (χ1) is 9.97. The highest BCUT2D eigenvalue weighted by Gasteiger charge is 2.35. The van der Waals surface area contributed by atoms with E-state index in [0.29, 0.717) is 17.4 Å². The van der Waals surface area contributed by atoms with Crippen molar-refractivity contribution in [1.82, 2.24) is 9.97 Å². The molecule has 5 nitrogen and oxygen atoms in total. The highest BCUT2D eigenvalue weighted by molar-refractivity contribution is 5.93. The maximum atomic E-state index is 11.2. The van der Waals surface area contributed by atoms with E-state index in [9.17, 15) is 9.90 Å². The lowest BCUT2D eigenvalue weighted by molar-refractivity contribution is 0.0684. The molecule has 110 valence electrons. The van der Waals surface area contributed by atoms with Gasteiger partial charge in [0.25, 0.3) is 0 Å². The molecule has 0 amide bonds. The molecule has 5 heteroatoms. The van der Waals surface area contributed by atoms with Gasteiger partial charge in [0.1, 0.15) is 5.82 Å². The second kappa shape index (κ2) is 4.98. The first-order valence-electron chi connectivity index (χ1n) is 7.24. The molecule has 1 aliphatic rings. The van der Waals surface area contributed by atoms with Crippen LogP contribution in [-0.4, -0.2) is 27.1 Å². The maximum absolute atomic E-state index is 11.2. The normalized spacial score (nSPS) is 20.6. The second-order valence-corrected chi connectivity index (χ2v) is 6.30. The quantitative estimate of drug-likeness (QED) is 0.904. The molecule has 0 aliphatic heterocycles. The van der Waals surface area contributed by atoms with Crippen LogP contribution >= 0.6 is 0 Å². The highest BCUT2D eigenvalue weighted by atomic mass is 16.4. The molecule has 2 aromatic rings. The summed E-state index contributed by atoms with van der Waals surface area (Å²) in [6.07, 6.45) is 3.42. The van der Waals surface area contributed by atoms with Gasteiger partial charge in [0, 0.05) is 11.4 Å². The van der Waals surface area contributed by atoms with Crippen LogP contribution in [0.3, 0.4) is 0 Å². The van der Waals surface area contributed by atoms with Gasteiger partial charge >= 0.3 is 5.97 Å². The van der Waals surface area contributed by atoms with E-state index in [4.69, 9.17) is 0 Å². The SMILES string of the molecule is CC1(C)CCCC1Nc1nc(C(=O)O)nc2ccccc12. The molecule has 1 aromatic carbocycles. The van der Waals surface area contributed by atoms with Gasteiger partial charge in [-0.2, -0.15) is 0 Å². The molecular formula is C16H19N3O2. The van der Waals surface area contributed by atoms with E-state index in [1.165, 1.54) is 12.8 Å². The predicted octanol–water partition coefficient (Wildman–Crippen LogP) is 3.32. The molecule has 2 N–H and O–H groups in total. The van der Waals surface area contributed by atoms with Crippen molar-refractivity contribution >= 4 is 22.7 Å². The summed E-state index contributed by atoms with van der Waals surface area (Å²) in [6, 6.07) is 7.80. The third-order valence-electron chi connectivity index (χ3n) is 4.36. The molecule has 0 spiro atoms. The van der Waals surface area contributed by atoms with Gasteiger partial charge in [-0.05, 0) is 30.4 Å². The molecule has 1 aromatic heterocycles. The van der Waals surface area contributed by atoms with Crippen molar-refractivity contribution in [2.24, 2.45) is 5.41 Å². The van der Waals surface area contributed by atoms with E-state index in [-0.39, 0.29) is 11.2 Å². The van der Waals surface area contributed by atoms with Crippen LogP contribution in [-0.2, 0) is 0 Å². The van der Waals surface area contributed by atoms with Gasteiger partial charge in [-0.15, -0.1) is 0 Å². The van der Waals surface area contributed by atoms with Crippen molar-refractivity contribution in [3.8, 4) is 0 Å². The summed E-state index contributed by atoms with van der Waals surface area (Å²) in [5.74, 6) is -0.639. The molecule has 3 rings (SSSR count). The number of para-hydroxylation sites is 1. The van der Waals surface area contributed by atoms with Crippen molar-refractivity contribution in [2.45, 2.75) is 39.2 Å². The van der Waals surface area contributed by atoms with Gasteiger partial charge in [0.05, 0.1) is 5.52 Å². The molecule has 1 atom stereocenters. The summed E-state index contributed by atoms with van der Waals surface area (Å²) < 4.78 is 0. The fraction of sp³-hybridized carbons (Fsp3) is 0.438. The van der Waals surface area contributed by atoms with Crippen molar-refractivity contribution in [3.05, 3.63) is 30.1 Å². The number of benzene rings is 1. The third kappa shape index (κ3) is 2.55. The number of carboxylic acid groups (broad SMARTS) is 1. The molecule has 21 heavy (non-hydrogen) atoms. The van der Waals surface area contributed by atoms with Crippen molar-refractivity contribution in [3.63, 3.8) is 0 Å². The zero-order chi connectivity index (χ0) is 15.0. The Balaban J connectivity index is 2.06. The van der Waals surface area contributed by atoms with E-state index < -0.39 is 5.97 Å². The van der Waals surface area contributed by atoms with E-state index >= 15 is 0 Å². The zero-order valence-corrected chi connectivity index (χ0v) is 12.3. The Morgan fingerprint density at radius 2 is 2.10 bits per heavy atom. The van der Waals surface area contributed by atoms with Crippen LogP contribution in [0.1, 0.15) is 43.7 Å². The van der Waals surface area contributed by atoms with Crippen LogP contribution in [0.5, 0.6) is 0 Å². The highest BCUT2D eigenvalue weighted by Crippen LogP contribution is 2.39. The Morgan fingerprint density at radius 1 is 1.33 bits per heavy atom. The minimum atomic E-state index is -1.10. The van der Waals surface area contributed by atoms with Crippen LogP contribution < -0.4 is 5.32 Å². The number of hydrogen-bond acceptors (Lipinski definition) is 4. The van der Waals surface area contributed by atoms with E-state index in [1.807, 2.05) is 24.3 Å². The Kier molecular flexibility index (Phi) is 3.27. The number of carboxylic acids is 1. The average Bonchev–Trinajstić information content (AvgIpc) is 2.77. The van der Waals surface area contributed by atoms with Gasteiger partial charge in [0.15, 0.2) is 0 Å². The van der Waals surface area contributed by atoms with E-state index in [1.54, 1.807) is 0 Å². The summed E-state index contributed by atoms with van der Waals surface area (Å²) in [6.45, 7) is 4.47. The van der Waals surface area contributed by atoms with Gasteiger partial charge in [-0.3, -0.25) is 0 Å². The monoisotopic (exact) mass is 285 g/mol. The molecule has 0 radical (unpaired) electrons. The standard InChI is InChI=1S/C16H19N3O2/c1-16(2)9-5-8-12(16)18-13-10-6-3-4-7-11(10)17-14(19-13)15(20)21/h3-4,6-7,12H,5,8-9H2,1-2H3,(H,20,21)(H,17,18,19). The summed E-state index contributed by atoms with van der Waals surface area (Å²) in [5.41, 5.74) is 0.846. The Labute approximate surface area is 123 Å². The van der Waals surface area contributed by atoms with Crippen molar-refractivity contribution < 1.29 is 9.90 Å². The zero-order valence-electron chi connectivity index (χ0n) is 12.3. The Morgan fingerprint density at radius 3 is 2.76 bits per heavy atom. The fourth-order valence-electron chi connectivity index (χ4n) is 3.04. The fourth-order valence-corrected chi connectivity index (χ4v) is 3.04. The lowest BCUT2D eigenvalue weighted by Crippen LogP contribution is -2.31. The number of carbonyl (C=O) groups is 1. The van der Waals surface area contributed by atoms with Gasteiger partial charge in [-0.1, -0.05) is 32.4 Å². The Hall–Kier alpha value is -2.17. The number of aromatic carboxylic acids is 1. The molecule has 1 fully saturated rings. The number of aromatic nitrogens is 2. The number of fused-ring (bicyclic) bond motifs is 1. The topological polar surface area (TPSA) is 75.1 Å². The molecule has 0 bridgehead atoms. The van der Waals surface area contributed by atoms with Crippen molar-refractivity contribution in [2.75, 3.05) is 5.32 Å². The average molecular weight is 285 g/mol. The molecule has 1 saturated carbocycles. The number of nitrogens with one attached hydrogen (secondary N) is 1. The van der Waals surface area contributed by atoms with Crippen LogP contribution in [0.4, 0.5) is 5.82 Å². The summed E-state index contributed by atoms with van der Waals surface area (Å²) in [4.78, 5) is 19.5. The first kappa shape index (κ1) is 13.8. The minimum absolute atomic E-state index is 0.160. The van der Waals surface area contributed by atoms with Crippen LogP contribution in [0.2, 0.25) is 0 Å². The van der Waals surface area contributed by atoms with Crippen LogP contribution in [0.25, 0.3) is 10.9 Å². The number of hydrogen-bond donors (Lipinski definition) is 2. The first-order valence-corrected chi connectivity index (χ1v) is 7.24. The maximum Gasteiger partial charge on any atom is 0.374 e. The predicted molar refractivity (Wildman–Crippen MR) is 81.5 cm³/mol. The second-order valence-electron chi connectivity index (χ2n) is 6.30. The number of rotatable bonds is 3. The van der Waals surface area contributed by atoms with Gasteiger partial charge < -0.3 is 10.4 Å². The molecule has 1 unspecified atom stereocenters. The van der Waals surface area contributed by atoms with Crippen LogP contribution in [0, 0.1) is 5.41 Å². The third-order valence-corrected chi connectivity index (χ3v) is 4.36. The summed E-state index contributed by atoms with van der Waals surface area (Å²) in [7, 11) is 0. The Bertz CT molecular complexity index is 697. The molecule has 1 aliphatic carbocycles. The lowest BCUT2D eigenvalue weighted by atomic mass is 9.87. The van der Waals surface area contributed by atoms with Gasteiger partial charge in [0.2, 0.25) is 5.82 Å². The van der Waals surface area contributed by atoms with E-state index in [0.717, 1.165) is 11.8 Å². The summed E-state index contributed by atoms with van der Waals surface area (Å²) >= 11 is 0. The summed E-state index contributed by atoms with van der Waals surface area (Å²) in [5, 5.41) is 13.5. The van der Waals surface area contributed by atoms with Gasteiger partial charge in [-0.25, -0.2) is 14.8 Å². The lowest BCUT2D eigenvalue weighted by Gasteiger charge is -2.28. The van der Waals surface area contributed by atoms with Crippen LogP contribution in [0.15, 0.2) is 24.3 Å². The van der Waals surface area contributed by atoms with Crippen molar-refractivity contribution in [1.29, 1.82) is 0 Å². The number of anilines is 1. The minimum Gasteiger partial charge on any atom is -0.475 e. The molecule has 1 heterocycles. The van der Waals surface area contributed by atoms with E-state index in [2.05, 4.69) is 29.1 Å². The largest absolute Gasteiger partial charge is 0.475 e. The molecular weight excluding hydrogens is 266 g/mol. The molecule has 0 saturated heterocycles.